The molecule has 5 nitrogen and oxygen atoms in total. The van der Waals surface area contributed by atoms with Crippen molar-refractivity contribution in [2.24, 2.45) is 0 Å². The van der Waals surface area contributed by atoms with Gasteiger partial charge in [0.2, 0.25) is 0 Å². The zero-order valence-electron chi connectivity index (χ0n) is 10.8. The van der Waals surface area contributed by atoms with Crippen LogP contribution in [0.15, 0.2) is 24.5 Å². The lowest BCUT2D eigenvalue weighted by Crippen LogP contribution is -2.05. The molecule has 0 aliphatic rings. The number of aryl methyl sites for hydroxylation is 1. The highest BCUT2D eigenvalue weighted by atomic mass is 15.1. The van der Waals surface area contributed by atoms with E-state index in [2.05, 4.69) is 40.5 Å². The molecule has 5 heteroatoms. The number of nitrogen functional groups attached to an aromatic ring is 1. The van der Waals surface area contributed by atoms with Crippen LogP contribution in [-0.4, -0.2) is 17.0 Å². The molecule has 0 aliphatic carbocycles. The van der Waals surface area contributed by atoms with E-state index < -0.39 is 0 Å². The van der Waals surface area contributed by atoms with E-state index in [4.69, 9.17) is 5.73 Å². The number of aromatic nitrogens is 2. The minimum absolute atomic E-state index is 0.515. The van der Waals surface area contributed by atoms with Crippen molar-refractivity contribution in [1.29, 1.82) is 0 Å². The highest BCUT2D eigenvalue weighted by molar-refractivity contribution is 5.78. The normalized spacial score (nSPS) is 10.2. The Morgan fingerprint density at radius 2 is 1.83 bits per heavy atom. The quantitative estimate of drug-likeness (QED) is 0.772. The Morgan fingerprint density at radius 1 is 1.11 bits per heavy atom. The lowest BCUT2D eigenvalue weighted by Gasteiger charge is -2.13. The molecule has 0 atom stereocenters. The van der Waals surface area contributed by atoms with Crippen molar-refractivity contribution < 1.29 is 0 Å². The predicted molar refractivity (Wildman–Crippen MR) is 75.2 cm³/mol. The number of hydrogen-bond acceptors (Lipinski definition) is 5. The van der Waals surface area contributed by atoms with Crippen molar-refractivity contribution in [1.82, 2.24) is 9.97 Å². The number of anilines is 4. The SMILES string of the molecule is CNc1ncnc(Nc2cccc(C)c2C)c1N. The van der Waals surface area contributed by atoms with Gasteiger partial charge in [-0.1, -0.05) is 12.1 Å². The van der Waals surface area contributed by atoms with Crippen LogP contribution in [0.5, 0.6) is 0 Å². The number of hydrogen-bond donors (Lipinski definition) is 3. The summed E-state index contributed by atoms with van der Waals surface area (Å²) in [7, 11) is 1.78. The van der Waals surface area contributed by atoms with Gasteiger partial charge in [0, 0.05) is 12.7 Å². The first kappa shape index (κ1) is 12.2. The fraction of sp³-hybridized carbons (Fsp3) is 0.231. The molecule has 0 saturated heterocycles. The van der Waals surface area contributed by atoms with Crippen LogP contribution in [-0.2, 0) is 0 Å². The Hall–Kier alpha value is -2.30. The lowest BCUT2D eigenvalue weighted by atomic mass is 10.1. The van der Waals surface area contributed by atoms with E-state index in [9.17, 15) is 0 Å². The summed E-state index contributed by atoms with van der Waals surface area (Å²) in [6.45, 7) is 4.14. The molecule has 0 radical (unpaired) electrons. The molecule has 2 rings (SSSR count). The van der Waals surface area contributed by atoms with E-state index in [1.165, 1.54) is 17.5 Å². The molecule has 0 unspecified atom stereocenters. The van der Waals surface area contributed by atoms with Crippen molar-refractivity contribution in [2.45, 2.75) is 13.8 Å². The Bertz CT molecular complexity index is 565. The third-order valence-electron chi connectivity index (χ3n) is 2.98. The predicted octanol–water partition coefficient (Wildman–Crippen LogP) is 2.46. The summed E-state index contributed by atoms with van der Waals surface area (Å²) >= 11 is 0. The summed E-state index contributed by atoms with van der Waals surface area (Å²) in [5, 5.41) is 6.17. The first-order chi connectivity index (χ1) is 8.63. The molecule has 18 heavy (non-hydrogen) atoms. The van der Waals surface area contributed by atoms with Crippen LogP contribution in [0.3, 0.4) is 0 Å². The fourth-order valence-electron chi connectivity index (χ4n) is 1.71. The van der Waals surface area contributed by atoms with Crippen molar-refractivity contribution >= 4 is 23.0 Å². The van der Waals surface area contributed by atoms with Gasteiger partial charge in [0.1, 0.15) is 12.0 Å². The van der Waals surface area contributed by atoms with Gasteiger partial charge in [-0.3, -0.25) is 0 Å². The van der Waals surface area contributed by atoms with E-state index in [0.717, 1.165) is 5.69 Å². The standard InChI is InChI=1S/C13H17N5/c1-8-5-4-6-10(9(8)2)18-13-11(14)12(15-3)16-7-17-13/h4-7H,14H2,1-3H3,(H2,15,16,17,18). The van der Waals surface area contributed by atoms with Gasteiger partial charge in [0.25, 0.3) is 0 Å². The molecule has 1 aromatic carbocycles. The van der Waals surface area contributed by atoms with Gasteiger partial charge in [-0.15, -0.1) is 0 Å². The van der Waals surface area contributed by atoms with E-state index in [1.807, 2.05) is 12.1 Å². The van der Waals surface area contributed by atoms with Crippen LogP contribution in [0.4, 0.5) is 23.0 Å². The second kappa shape index (κ2) is 4.91. The van der Waals surface area contributed by atoms with Gasteiger partial charge in [0.15, 0.2) is 11.6 Å². The van der Waals surface area contributed by atoms with Crippen molar-refractivity contribution in [2.75, 3.05) is 23.4 Å². The van der Waals surface area contributed by atoms with Crippen LogP contribution in [0, 0.1) is 13.8 Å². The Balaban J connectivity index is 2.37. The molecule has 0 saturated carbocycles. The molecule has 0 fully saturated rings. The first-order valence-corrected chi connectivity index (χ1v) is 5.75. The fourth-order valence-corrected chi connectivity index (χ4v) is 1.71. The van der Waals surface area contributed by atoms with Crippen LogP contribution >= 0.6 is 0 Å². The van der Waals surface area contributed by atoms with Gasteiger partial charge in [-0.2, -0.15) is 0 Å². The molecule has 1 aromatic heterocycles. The molecule has 94 valence electrons. The van der Waals surface area contributed by atoms with Crippen LogP contribution in [0.25, 0.3) is 0 Å². The van der Waals surface area contributed by atoms with Gasteiger partial charge >= 0.3 is 0 Å². The summed E-state index contributed by atoms with van der Waals surface area (Å²) in [6, 6.07) is 6.08. The summed E-state index contributed by atoms with van der Waals surface area (Å²) in [6.07, 6.45) is 1.48. The maximum absolute atomic E-state index is 5.98. The zero-order chi connectivity index (χ0) is 13.1. The Labute approximate surface area is 106 Å². The van der Waals surface area contributed by atoms with Crippen molar-refractivity contribution in [3.8, 4) is 0 Å². The Kier molecular flexibility index (Phi) is 3.32. The maximum Gasteiger partial charge on any atom is 0.159 e. The lowest BCUT2D eigenvalue weighted by molar-refractivity contribution is 1.16. The number of nitrogens with zero attached hydrogens (tertiary/aromatic N) is 2. The molecule has 4 N–H and O–H groups in total. The summed E-state index contributed by atoms with van der Waals surface area (Å²) in [4.78, 5) is 8.22. The molecule has 0 bridgehead atoms. The van der Waals surface area contributed by atoms with Gasteiger partial charge in [-0.05, 0) is 31.0 Å². The van der Waals surface area contributed by atoms with E-state index >= 15 is 0 Å². The van der Waals surface area contributed by atoms with Gasteiger partial charge in [-0.25, -0.2) is 9.97 Å². The third kappa shape index (κ3) is 2.20. The molecular weight excluding hydrogens is 226 g/mol. The molecule has 2 aromatic rings. The van der Waals surface area contributed by atoms with E-state index in [1.54, 1.807) is 7.05 Å². The molecule has 0 spiro atoms. The molecule has 1 heterocycles. The largest absolute Gasteiger partial charge is 0.393 e. The van der Waals surface area contributed by atoms with Gasteiger partial charge < -0.3 is 16.4 Å². The summed E-state index contributed by atoms with van der Waals surface area (Å²) in [5.41, 5.74) is 9.90. The first-order valence-electron chi connectivity index (χ1n) is 5.75. The smallest absolute Gasteiger partial charge is 0.159 e. The monoisotopic (exact) mass is 243 g/mol. The molecule has 0 amide bonds. The Morgan fingerprint density at radius 3 is 2.56 bits per heavy atom. The average molecular weight is 243 g/mol. The van der Waals surface area contributed by atoms with E-state index in [0.29, 0.717) is 17.3 Å². The van der Waals surface area contributed by atoms with Crippen LogP contribution in [0.2, 0.25) is 0 Å². The summed E-state index contributed by atoms with van der Waals surface area (Å²) < 4.78 is 0. The maximum atomic E-state index is 5.98. The zero-order valence-corrected chi connectivity index (χ0v) is 10.8. The number of nitrogens with one attached hydrogen (secondary N) is 2. The van der Waals surface area contributed by atoms with Gasteiger partial charge in [0.05, 0.1) is 0 Å². The highest BCUT2D eigenvalue weighted by Crippen LogP contribution is 2.27. The number of benzene rings is 1. The van der Waals surface area contributed by atoms with Crippen molar-refractivity contribution in [3.05, 3.63) is 35.7 Å². The van der Waals surface area contributed by atoms with E-state index in [-0.39, 0.29) is 0 Å². The average Bonchev–Trinajstić information content (AvgIpc) is 2.37. The van der Waals surface area contributed by atoms with Crippen LogP contribution < -0.4 is 16.4 Å². The third-order valence-corrected chi connectivity index (χ3v) is 2.98. The molecule has 0 aliphatic heterocycles. The second-order valence-corrected chi connectivity index (χ2v) is 4.11. The second-order valence-electron chi connectivity index (χ2n) is 4.11. The summed E-state index contributed by atoms with van der Waals surface area (Å²) in [5.74, 6) is 1.24. The number of nitrogens with two attached hydrogens (primary N) is 1. The highest BCUT2D eigenvalue weighted by Gasteiger charge is 2.08. The number of rotatable bonds is 3. The van der Waals surface area contributed by atoms with Crippen molar-refractivity contribution in [3.63, 3.8) is 0 Å². The minimum Gasteiger partial charge on any atom is -0.393 e. The van der Waals surface area contributed by atoms with Crippen LogP contribution in [0.1, 0.15) is 11.1 Å². The molecular formula is C13H17N5. The minimum atomic E-state index is 0.515. The topological polar surface area (TPSA) is 75.9 Å².